The summed E-state index contributed by atoms with van der Waals surface area (Å²) in [5.41, 5.74) is 2.72. The minimum absolute atomic E-state index is 0.224. The molecule has 0 fully saturated rings. The molecular formula is C16H12ClFN2. The summed E-state index contributed by atoms with van der Waals surface area (Å²) in [6, 6.07) is 14.1. The summed E-state index contributed by atoms with van der Waals surface area (Å²) in [4.78, 5) is 4.36. The Morgan fingerprint density at radius 1 is 1.10 bits per heavy atom. The van der Waals surface area contributed by atoms with Gasteiger partial charge in [0, 0.05) is 23.3 Å². The second-order valence-electron chi connectivity index (χ2n) is 4.57. The SMILES string of the molecule is Fc1cccc(Cn2cnc(-c3cccc(Cl)c3)c2)c1. The van der Waals surface area contributed by atoms with Gasteiger partial charge in [-0.2, -0.15) is 0 Å². The first kappa shape index (κ1) is 12.9. The first-order chi connectivity index (χ1) is 9.70. The van der Waals surface area contributed by atoms with Crippen LogP contribution in [0.25, 0.3) is 11.3 Å². The molecule has 0 atom stereocenters. The number of hydrogen-bond donors (Lipinski definition) is 0. The molecule has 1 aromatic heterocycles. The fraction of sp³-hybridized carbons (Fsp3) is 0.0625. The highest BCUT2D eigenvalue weighted by molar-refractivity contribution is 6.30. The van der Waals surface area contributed by atoms with E-state index in [-0.39, 0.29) is 5.82 Å². The molecule has 1 heterocycles. The molecular weight excluding hydrogens is 275 g/mol. The van der Waals surface area contributed by atoms with Crippen molar-refractivity contribution in [2.45, 2.75) is 6.54 Å². The van der Waals surface area contributed by atoms with Crippen LogP contribution in [0.5, 0.6) is 0 Å². The van der Waals surface area contributed by atoms with Gasteiger partial charge in [0.15, 0.2) is 0 Å². The van der Waals surface area contributed by atoms with Gasteiger partial charge >= 0.3 is 0 Å². The Labute approximate surface area is 121 Å². The van der Waals surface area contributed by atoms with Gasteiger partial charge in [0.2, 0.25) is 0 Å². The van der Waals surface area contributed by atoms with Crippen LogP contribution in [0.1, 0.15) is 5.56 Å². The Morgan fingerprint density at radius 3 is 2.75 bits per heavy atom. The fourth-order valence-corrected chi connectivity index (χ4v) is 2.28. The zero-order valence-corrected chi connectivity index (χ0v) is 11.4. The minimum Gasteiger partial charge on any atom is -0.332 e. The second-order valence-corrected chi connectivity index (χ2v) is 5.01. The molecule has 0 N–H and O–H groups in total. The van der Waals surface area contributed by atoms with Crippen molar-refractivity contribution >= 4 is 11.6 Å². The lowest BCUT2D eigenvalue weighted by molar-refractivity contribution is 0.623. The highest BCUT2D eigenvalue weighted by Crippen LogP contribution is 2.21. The third-order valence-corrected chi connectivity index (χ3v) is 3.24. The largest absolute Gasteiger partial charge is 0.332 e. The lowest BCUT2D eigenvalue weighted by atomic mass is 10.2. The molecule has 0 saturated heterocycles. The Bertz CT molecular complexity index is 737. The van der Waals surface area contributed by atoms with E-state index in [1.54, 1.807) is 12.4 Å². The van der Waals surface area contributed by atoms with Crippen LogP contribution < -0.4 is 0 Å². The van der Waals surface area contributed by atoms with Gasteiger partial charge in [0.1, 0.15) is 5.82 Å². The standard InChI is InChI=1S/C16H12ClFN2/c17-14-5-2-4-13(8-14)16-10-20(11-19-16)9-12-3-1-6-15(18)7-12/h1-8,10-11H,9H2. The van der Waals surface area contributed by atoms with Crippen molar-refractivity contribution in [3.63, 3.8) is 0 Å². The molecule has 0 aliphatic carbocycles. The van der Waals surface area contributed by atoms with E-state index in [2.05, 4.69) is 4.98 Å². The molecule has 0 unspecified atom stereocenters. The quantitative estimate of drug-likeness (QED) is 0.698. The van der Waals surface area contributed by atoms with Crippen molar-refractivity contribution < 1.29 is 4.39 Å². The van der Waals surface area contributed by atoms with E-state index >= 15 is 0 Å². The van der Waals surface area contributed by atoms with E-state index in [1.807, 2.05) is 41.1 Å². The Kier molecular flexibility index (Phi) is 3.52. The van der Waals surface area contributed by atoms with Crippen LogP contribution in [0, 0.1) is 5.82 Å². The van der Waals surface area contributed by atoms with Gasteiger partial charge in [-0.3, -0.25) is 0 Å². The molecule has 2 nitrogen and oxygen atoms in total. The van der Waals surface area contributed by atoms with E-state index in [4.69, 9.17) is 11.6 Å². The smallest absolute Gasteiger partial charge is 0.123 e. The van der Waals surface area contributed by atoms with Gasteiger partial charge in [-0.15, -0.1) is 0 Å². The van der Waals surface area contributed by atoms with E-state index in [0.29, 0.717) is 11.6 Å². The van der Waals surface area contributed by atoms with E-state index in [9.17, 15) is 4.39 Å². The van der Waals surface area contributed by atoms with Crippen molar-refractivity contribution in [2.24, 2.45) is 0 Å². The minimum atomic E-state index is -0.224. The average molecular weight is 287 g/mol. The Balaban J connectivity index is 1.84. The van der Waals surface area contributed by atoms with Crippen LogP contribution in [-0.2, 0) is 6.54 Å². The topological polar surface area (TPSA) is 17.8 Å². The number of aromatic nitrogens is 2. The van der Waals surface area contributed by atoms with Crippen molar-refractivity contribution in [3.05, 3.63) is 77.5 Å². The van der Waals surface area contributed by atoms with Crippen LogP contribution in [0.4, 0.5) is 4.39 Å². The number of benzene rings is 2. The highest BCUT2D eigenvalue weighted by Gasteiger charge is 2.04. The molecule has 0 bridgehead atoms. The van der Waals surface area contributed by atoms with Crippen LogP contribution in [-0.4, -0.2) is 9.55 Å². The summed E-state index contributed by atoms with van der Waals surface area (Å²) in [5.74, 6) is -0.224. The van der Waals surface area contributed by atoms with Crippen molar-refractivity contribution in [3.8, 4) is 11.3 Å². The zero-order valence-electron chi connectivity index (χ0n) is 10.6. The Hall–Kier alpha value is -2.13. The second kappa shape index (κ2) is 5.47. The number of imidazole rings is 1. The van der Waals surface area contributed by atoms with Crippen LogP contribution >= 0.6 is 11.6 Å². The highest BCUT2D eigenvalue weighted by atomic mass is 35.5. The van der Waals surface area contributed by atoms with Crippen molar-refractivity contribution in [1.82, 2.24) is 9.55 Å². The lowest BCUT2D eigenvalue weighted by Crippen LogP contribution is -1.96. The monoisotopic (exact) mass is 286 g/mol. The number of nitrogens with zero attached hydrogens (tertiary/aromatic N) is 2. The van der Waals surface area contributed by atoms with Crippen molar-refractivity contribution in [2.75, 3.05) is 0 Å². The van der Waals surface area contributed by atoms with Gasteiger partial charge in [0.25, 0.3) is 0 Å². The molecule has 0 radical (unpaired) electrons. The van der Waals surface area contributed by atoms with Crippen LogP contribution in [0.2, 0.25) is 5.02 Å². The number of hydrogen-bond acceptors (Lipinski definition) is 1. The van der Waals surface area contributed by atoms with Gasteiger partial charge in [0.05, 0.1) is 12.0 Å². The first-order valence-corrected chi connectivity index (χ1v) is 6.61. The molecule has 0 aliphatic heterocycles. The van der Waals surface area contributed by atoms with Gasteiger partial charge in [-0.1, -0.05) is 35.9 Å². The van der Waals surface area contributed by atoms with Crippen LogP contribution in [0.3, 0.4) is 0 Å². The maximum absolute atomic E-state index is 13.1. The average Bonchev–Trinajstić information content (AvgIpc) is 2.87. The number of halogens is 2. The summed E-state index contributed by atoms with van der Waals surface area (Å²) in [5, 5.41) is 0.683. The third kappa shape index (κ3) is 2.89. The molecule has 3 rings (SSSR count). The molecule has 0 saturated carbocycles. The lowest BCUT2D eigenvalue weighted by Gasteiger charge is -2.02. The molecule has 20 heavy (non-hydrogen) atoms. The predicted molar refractivity (Wildman–Crippen MR) is 78.2 cm³/mol. The molecule has 100 valence electrons. The van der Waals surface area contributed by atoms with E-state index < -0.39 is 0 Å². The summed E-state index contributed by atoms with van der Waals surface area (Å²) in [6.07, 6.45) is 3.66. The molecule has 2 aromatic carbocycles. The Morgan fingerprint density at radius 2 is 1.95 bits per heavy atom. The maximum atomic E-state index is 13.1. The maximum Gasteiger partial charge on any atom is 0.123 e. The molecule has 3 aromatic rings. The first-order valence-electron chi connectivity index (χ1n) is 6.23. The van der Waals surface area contributed by atoms with Crippen molar-refractivity contribution in [1.29, 1.82) is 0 Å². The third-order valence-electron chi connectivity index (χ3n) is 3.01. The van der Waals surface area contributed by atoms with E-state index in [0.717, 1.165) is 16.8 Å². The molecule has 0 amide bonds. The molecule has 0 aliphatic rings. The number of rotatable bonds is 3. The van der Waals surface area contributed by atoms with E-state index in [1.165, 1.54) is 12.1 Å². The molecule has 4 heteroatoms. The van der Waals surface area contributed by atoms with Gasteiger partial charge < -0.3 is 4.57 Å². The molecule has 0 spiro atoms. The van der Waals surface area contributed by atoms with Gasteiger partial charge in [-0.05, 0) is 29.8 Å². The van der Waals surface area contributed by atoms with Crippen LogP contribution in [0.15, 0.2) is 61.1 Å². The zero-order chi connectivity index (χ0) is 13.9. The summed E-state index contributed by atoms with van der Waals surface area (Å²) in [6.45, 7) is 0.589. The van der Waals surface area contributed by atoms with Gasteiger partial charge in [-0.25, -0.2) is 9.37 Å². The predicted octanol–water partition coefficient (Wildman–Crippen LogP) is 4.39. The fourth-order valence-electron chi connectivity index (χ4n) is 2.09. The normalized spacial score (nSPS) is 10.7. The summed E-state index contributed by atoms with van der Waals surface area (Å²) in [7, 11) is 0. The summed E-state index contributed by atoms with van der Waals surface area (Å²) < 4.78 is 15.1. The summed E-state index contributed by atoms with van der Waals surface area (Å²) >= 11 is 5.97.